The lowest BCUT2D eigenvalue weighted by molar-refractivity contribution is -0.130. The molecule has 2 aromatic rings. The Bertz CT molecular complexity index is 837. The van der Waals surface area contributed by atoms with Gasteiger partial charge in [-0.1, -0.05) is 18.2 Å². The van der Waals surface area contributed by atoms with Crippen molar-refractivity contribution in [2.24, 2.45) is 0 Å². The summed E-state index contributed by atoms with van der Waals surface area (Å²) >= 11 is 0. The Morgan fingerprint density at radius 2 is 1.72 bits per heavy atom. The van der Waals surface area contributed by atoms with Gasteiger partial charge in [-0.15, -0.1) is 0 Å². The molecule has 1 N–H and O–H groups in total. The van der Waals surface area contributed by atoms with Crippen LogP contribution in [0.3, 0.4) is 0 Å². The van der Waals surface area contributed by atoms with Crippen LogP contribution in [0, 0.1) is 6.92 Å². The van der Waals surface area contributed by atoms with Gasteiger partial charge in [-0.2, -0.15) is 0 Å². The smallest absolute Gasteiger partial charge is 0.274 e. The zero-order valence-electron chi connectivity index (χ0n) is 14.2. The Hall–Kier alpha value is -2.89. The Morgan fingerprint density at radius 1 is 1.04 bits per heavy atom. The topological polar surface area (TPSA) is 71.4 Å². The number of amides is 2. The van der Waals surface area contributed by atoms with Gasteiger partial charge < -0.3 is 14.8 Å². The molecule has 1 aromatic heterocycles. The summed E-state index contributed by atoms with van der Waals surface area (Å²) in [5.74, 6) is -0.409. The number of aryl methyl sites for hydroxylation is 1. The number of likely N-dealkylation sites (tertiary alicyclic amines) is 1. The molecule has 1 aromatic carbocycles. The van der Waals surface area contributed by atoms with E-state index in [0.29, 0.717) is 11.3 Å². The fourth-order valence-corrected chi connectivity index (χ4v) is 2.95. The maximum atomic E-state index is 12.7. The summed E-state index contributed by atoms with van der Waals surface area (Å²) in [5, 5.41) is 2.64. The average molecular weight is 339 g/mol. The first kappa shape index (κ1) is 17.0. The van der Waals surface area contributed by atoms with E-state index in [1.54, 1.807) is 48.2 Å². The van der Waals surface area contributed by atoms with Crippen LogP contribution in [0.15, 0.2) is 47.3 Å². The number of carbonyl (C=O) groups is 2. The summed E-state index contributed by atoms with van der Waals surface area (Å²) in [6, 6.07) is 12.0. The van der Waals surface area contributed by atoms with Crippen molar-refractivity contribution >= 4 is 17.5 Å². The van der Waals surface area contributed by atoms with Crippen molar-refractivity contribution in [2.45, 2.75) is 26.3 Å². The van der Waals surface area contributed by atoms with Crippen LogP contribution in [0.1, 0.15) is 28.9 Å². The summed E-state index contributed by atoms with van der Waals surface area (Å²) < 4.78 is 1.42. The minimum Gasteiger partial charge on any atom is -0.341 e. The van der Waals surface area contributed by atoms with Crippen molar-refractivity contribution in [2.75, 3.05) is 18.4 Å². The Kier molecular flexibility index (Phi) is 4.97. The van der Waals surface area contributed by atoms with Crippen LogP contribution in [-0.2, 0) is 11.3 Å². The highest BCUT2D eigenvalue weighted by molar-refractivity contribution is 6.04. The van der Waals surface area contributed by atoms with Gasteiger partial charge in [-0.25, -0.2) is 0 Å². The molecule has 0 spiro atoms. The van der Waals surface area contributed by atoms with Crippen LogP contribution in [0.25, 0.3) is 0 Å². The number of nitrogens with one attached hydrogen (secondary N) is 1. The fraction of sp³-hybridized carbons (Fsp3) is 0.316. The second-order valence-corrected chi connectivity index (χ2v) is 6.19. The van der Waals surface area contributed by atoms with Crippen molar-refractivity contribution in [3.05, 3.63) is 64.1 Å². The highest BCUT2D eigenvalue weighted by Crippen LogP contribution is 2.10. The lowest BCUT2D eigenvalue weighted by Gasteiger charge is -2.18. The maximum absolute atomic E-state index is 12.7. The molecule has 1 saturated heterocycles. The summed E-state index contributed by atoms with van der Waals surface area (Å²) in [7, 11) is 0. The Labute approximate surface area is 146 Å². The molecule has 0 radical (unpaired) electrons. The number of aromatic nitrogens is 1. The fourth-order valence-electron chi connectivity index (χ4n) is 2.95. The molecule has 0 unspecified atom stereocenters. The second-order valence-electron chi connectivity index (χ2n) is 6.19. The molecule has 0 aliphatic carbocycles. The number of benzene rings is 1. The number of nitrogens with zero attached hydrogens (tertiary/aromatic N) is 2. The average Bonchev–Trinajstić information content (AvgIpc) is 3.16. The third-order valence-electron chi connectivity index (χ3n) is 4.43. The van der Waals surface area contributed by atoms with Crippen LogP contribution in [0.4, 0.5) is 5.69 Å². The molecule has 3 rings (SSSR count). The molecule has 25 heavy (non-hydrogen) atoms. The highest BCUT2D eigenvalue weighted by atomic mass is 16.2. The summed E-state index contributed by atoms with van der Waals surface area (Å²) in [6.45, 7) is 3.27. The van der Waals surface area contributed by atoms with E-state index in [9.17, 15) is 14.4 Å². The van der Waals surface area contributed by atoms with E-state index in [4.69, 9.17) is 0 Å². The maximum Gasteiger partial charge on any atom is 0.274 e. The van der Waals surface area contributed by atoms with E-state index in [0.717, 1.165) is 25.9 Å². The summed E-state index contributed by atoms with van der Waals surface area (Å²) in [4.78, 5) is 39.1. The lowest BCUT2D eigenvalue weighted by atomic mass is 10.2. The first-order valence-electron chi connectivity index (χ1n) is 8.41. The molecule has 1 aliphatic heterocycles. The van der Waals surface area contributed by atoms with E-state index >= 15 is 0 Å². The summed E-state index contributed by atoms with van der Waals surface area (Å²) in [5.41, 5.74) is 0.975. The minimum absolute atomic E-state index is 0.000284. The first-order chi connectivity index (χ1) is 12.1. The van der Waals surface area contributed by atoms with Gasteiger partial charge in [-0.05, 0) is 44.0 Å². The monoisotopic (exact) mass is 339 g/mol. The number of rotatable bonds is 4. The quantitative estimate of drug-likeness (QED) is 0.926. The summed E-state index contributed by atoms with van der Waals surface area (Å²) in [6.07, 6.45) is 2.01. The first-order valence-corrected chi connectivity index (χ1v) is 8.41. The van der Waals surface area contributed by atoms with Gasteiger partial charge in [0.25, 0.3) is 11.5 Å². The van der Waals surface area contributed by atoms with Crippen molar-refractivity contribution in [1.82, 2.24) is 9.47 Å². The van der Waals surface area contributed by atoms with Gasteiger partial charge in [-0.3, -0.25) is 14.4 Å². The van der Waals surface area contributed by atoms with E-state index in [1.165, 1.54) is 4.57 Å². The molecular formula is C19H21N3O3. The largest absolute Gasteiger partial charge is 0.341 e. The zero-order valence-corrected chi connectivity index (χ0v) is 14.2. The molecule has 1 aliphatic rings. The standard InChI is InChI=1S/C19H21N3O3/c1-14-9-10-16(20-18(24)15-7-3-2-4-8-15)19(25)22(14)13-17(23)21-11-5-6-12-21/h2-4,7-10H,5-6,11-13H2,1H3,(H,20,24). The molecule has 6 heteroatoms. The van der Waals surface area contributed by atoms with Gasteiger partial charge in [0.2, 0.25) is 5.91 Å². The normalized spacial score (nSPS) is 13.7. The van der Waals surface area contributed by atoms with E-state index in [-0.39, 0.29) is 29.6 Å². The molecule has 2 heterocycles. The van der Waals surface area contributed by atoms with Crippen molar-refractivity contribution in [3.63, 3.8) is 0 Å². The number of carbonyl (C=O) groups excluding carboxylic acids is 2. The molecule has 130 valence electrons. The van der Waals surface area contributed by atoms with Gasteiger partial charge in [0.05, 0.1) is 0 Å². The van der Waals surface area contributed by atoms with Crippen molar-refractivity contribution < 1.29 is 9.59 Å². The molecule has 1 fully saturated rings. The van der Waals surface area contributed by atoms with Crippen LogP contribution in [-0.4, -0.2) is 34.4 Å². The molecule has 0 atom stereocenters. The molecule has 0 bridgehead atoms. The zero-order chi connectivity index (χ0) is 17.8. The SMILES string of the molecule is Cc1ccc(NC(=O)c2ccccc2)c(=O)n1CC(=O)N1CCCC1. The van der Waals surface area contributed by atoms with Crippen LogP contribution in [0.5, 0.6) is 0 Å². The van der Waals surface area contributed by atoms with E-state index in [1.807, 2.05) is 6.07 Å². The molecule has 0 saturated carbocycles. The molecule has 2 amide bonds. The van der Waals surface area contributed by atoms with Gasteiger partial charge in [0, 0.05) is 24.3 Å². The number of hydrogen-bond donors (Lipinski definition) is 1. The van der Waals surface area contributed by atoms with Crippen LogP contribution < -0.4 is 10.9 Å². The third kappa shape index (κ3) is 3.79. The van der Waals surface area contributed by atoms with Crippen molar-refractivity contribution in [3.8, 4) is 0 Å². The number of anilines is 1. The van der Waals surface area contributed by atoms with Crippen LogP contribution in [0.2, 0.25) is 0 Å². The lowest BCUT2D eigenvalue weighted by Crippen LogP contribution is -2.36. The predicted octanol–water partition coefficient (Wildman–Crippen LogP) is 2.03. The molecule has 6 nitrogen and oxygen atoms in total. The Balaban J connectivity index is 1.81. The highest BCUT2D eigenvalue weighted by Gasteiger charge is 2.20. The van der Waals surface area contributed by atoms with Crippen LogP contribution >= 0.6 is 0 Å². The van der Waals surface area contributed by atoms with E-state index in [2.05, 4.69) is 5.32 Å². The number of pyridine rings is 1. The van der Waals surface area contributed by atoms with Crippen molar-refractivity contribution in [1.29, 1.82) is 0 Å². The van der Waals surface area contributed by atoms with Gasteiger partial charge >= 0.3 is 0 Å². The van der Waals surface area contributed by atoms with Gasteiger partial charge in [0.1, 0.15) is 12.2 Å². The Morgan fingerprint density at radius 3 is 2.40 bits per heavy atom. The van der Waals surface area contributed by atoms with E-state index < -0.39 is 0 Å². The number of hydrogen-bond acceptors (Lipinski definition) is 3. The molecular weight excluding hydrogens is 318 g/mol. The van der Waals surface area contributed by atoms with Gasteiger partial charge in [0.15, 0.2) is 0 Å². The second kappa shape index (κ2) is 7.34. The minimum atomic E-state index is -0.364. The third-order valence-corrected chi connectivity index (χ3v) is 4.43. The predicted molar refractivity (Wildman–Crippen MR) is 95.6 cm³/mol.